The molecule has 0 spiro atoms. The van der Waals surface area contributed by atoms with Gasteiger partial charge in [0.25, 0.3) is 0 Å². The molecular formula is C15H30N2. The summed E-state index contributed by atoms with van der Waals surface area (Å²) >= 11 is 0. The maximum atomic E-state index is 6.25. The highest BCUT2D eigenvalue weighted by atomic mass is 15.2. The summed E-state index contributed by atoms with van der Waals surface area (Å²) in [6.45, 7) is 11.9. The lowest BCUT2D eigenvalue weighted by Gasteiger charge is -2.41. The van der Waals surface area contributed by atoms with E-state index in [1.807, 2.05) is 0 Å². The summed E-state index contributed by atoms with van der Waals surface area (Å²) in [5, 5.41) is 0. The van der Waals surface area contributed by atoms with Crippen LogP contribution in [0.1, 0.15) is 53.4 Å². The molecule has 2 rings (SSSR count). The van der Waals surface area contributed by atoms with Gasteiger partial charge in [-0.2, -0.15) is 0 Å². The minimum Gasteiger partial charge on any atom is -0.327 e. The summed E-state index contributed by atoms with van der Waals surface area (Å²) in [5.41, 5.74) is 6.69. The van der Waals surface area contributed by atoms with Crippen LogP contribution in [0, 0.1) is 17.3 Å². The first kappa shape index (κ1) is 13.4. The summed E-state index contributed by atoms with van der Waals surface area (Å²) < 4.78 is 0. The maximum Gasteiger partial charge on any atom is 0.0171 e. The first-order chi connectivity index (χ1) is 7.85. The fraction of sp³-hybridized carbons (Fsp3) is 1.00. The standard InChI is InChI=1S/C15H30N2/c1-11(13-5-6-13)17-9-12(7-14(16)10-17)8-15(2,3)4/h11-14H,5-10,16H2,1-4H3. The lowest BCUT2D eigenvalue weighted by Crippen LogP contribution is -2.51. The van der Waals surface area contributed by atoms with Gasteiger partial charge in [0.05, 0.1) is 0 Å². The second-order valence-corrected chi connectivity index (χ2v) is 7.66. The van der Waals surface area contributed by atoms with Crippen molar-refractivity contribution in [3.05, 3.63) is 0 Å². The van der Waals surface area contributed by atoms with Gasteiger partial charge >= 0.3 is 0 Å². The van der Waals surface area contributed by atoms with Crippen LogP contribution < -0.4 is 5.73 Å². The fourth-order valence-electron chi connectivity index (χ4n) is 3.51. The van der Waals surface area contributed by atoms with Gasteiger partial charge in [-0.25, -0.2) is 0 Å². The summed E-state index contributed by atoms with van der Waals surface area (Å²) in [6.07, 6.45) is 5.42. The lowest BCUT2D eigenvalue weighted by molar-refractivity contribution is 0.0863. The summed E-state index contributed by atoms with van der Waals surface area (Å²) in [6, 6.07) is 1.17. The number of rotatable bonds is 3. The predicted molar refractivity (Wildman–Crippen MR) is 73.9 cm³/mol. The molecule has 0 aromatic rings. The predicted octanol–water partition coefficient (Wildman–Crippen LogP) is 2.87. The second-order valence-electron chi connectivity index (χ2n) is 7.66. The van der Waals surface area contributed by atoms with E-state index >= 15 is 0 Å². The van der Waals surface area contributed by atoms with Crippen LogP contribution in [0.5, 0.6) is 0 Å². The van der Waals surface area contributed by atoms with Crippen molar-refractivity contribution in [2.75, 3.05) is 13.1 Å². The highest BCUT2D eigenvalue weighted by Crippen LogP contribution is 2.37. The number of nitrogens with two attached hydrogens (primary N) is 1. The molecule has 1 aliphatic heterocycles. The molecule has 0 aromatic carbocycles. The van der Waals surface area contributed by atoms with E-state index in [0.717, 1.165) is 24.4 Å². The SMILES string of the molecule is CC(C1CC1)N1CC(N)CC(CC(C)(C)C)C1. The molecule has 2 heteroatoms. The van der Waals surface area contributed by atoms with Crippen molar-refractivity contribution < 1.29 is 0 Å². The van der Waals surface area contributed by atoms with Crippen molar-refractivity contribution in [2.24, 2.45) is 23.0 Å². The van der Waals surface area contributed by atoms with Gasteiger partial charge in [0.1, 0.15) is 0 Å². The van der Waals surface area contributed by atoms with Crippen LogP contribution in [-0.2, 0) is 0 Å². The number of piperidine rings is 1. The Morgan fingerprint density at radius 1 is 1.24 bits per heavy atom. The third-order valence-electron chi connectivity index (χ3n) is 4.38. The number of nitrogens with zero attached hydrogens (tertiary/aromatic N) is 1. The Hall–Kier alpha value is -0.0800. The Labute approximate surface area is 107 Å². The Morgan fingerprint density at radius 2 is 1.88 bits per heavy atom. The minimum atomic E-state index is 0.400. The highest BCUT2D eigenvalue weighted by molar-refractivity contribution is 4.91. The summed E-state index contributed by atoms with van der Waals surface area (Å²) in [5.74, 6) is 1.77. The second kappa shape index (κ2) is 4.89. The summed E-state index contributed by atoms with van der Waals surface area (Å²) in [4.78, 5) is 2.67. The van der Waals surface area contributed by atoms with Crippen LogP contribution in [0.4, 0.5) is 0 Å². The molecule has 2 aliphatic rings. The van der Waals surface area contributed by atoms with E-state index in [2.05, 4.69) is 32.6 Å². The molecule has 2 fully saturated rings. The third-order valence-corrected chi connectivity index (χ3v) is 4.38. The molecule has 1 saturated heterocycles. The van der Waals surface area contributed by atoms with Gasteiger partial charge in [-0.15, -0.1) is 0 Å². The lowest BCUT2D eigenvalue weighted by atomic mass is 9.80. The Balaban J connectivity index is 1.91. The number of likely N-dealkylation sites (tertiary alicyclic amines) is 1. The van der Waals surface area contributed by atoms with E-state index in [-0.39, 0.29) is 0 Å². The maximum absolute atomic E-state index is 6.25. The highest BCUT2D eigenvalue weighted by Gasteiger charge is 2.36. The Kier molecular flexibility index (Phi) is 3.84. The molecule has 0 bridgehead atoms. The molecule has 2 nitrogen and oxygen atoms in total. The van der Waals surface area contributed by atoms with Gasteiger partial charge in [-0.1, -0.05) is 20.8 Å². The van der Waals surface area contributed by atoms with E-state index in [1.54, 1.807) is 0 Å². The van der Waals surface area contributed by atoms with Crippen molar-refractivity contribution in [3.63, 3.8) is 0 Å². The zero-order valence-electron chi connectivity index (χ0n) is 12.1. The molecule has 1 aliphatic carbocycles. The van der Waals surface area contributed by atoms with E-state index in [4.69, 9.17) is 5.73 Å². The van der Waals surface area contributed by atoms with Crippen molar-refractivity contribution in [1.82, 2.24) is 4.90 Å². The van der Waals surface area contributed by atoms with Gasteiger partial charge in [-0.05, 0) is 49.9 Å². The molecule has 2 N–H and O–H groups in total. The van der Waals surface area contributed by atoms with Gasteiger partial charge in [0.15, 0.2) is 0 Å². The Morgan fingerprint density at radius 3 is 2.41 bits per heavy atom. The van der Waals surface area contributed by atoms with Crippen molar-refractivity contribution in [3.8, 4) is 0 Å². The first-order valence-electron chi connectivity index (χ1n) is 7.35. The van der Waals surface area contributed by atoms with Crippen molar-refractivity contribution in [1.29, 1.82) is 0 Å². The number of hydrogen-bond acceptors (Lipinski definition) is 2. The van der Waals surface area contributed by atoms with Crippen LogP contribution in [0.25, 0.3) is 0 Å². The van der Waals surface area contributed by atoms with Gasteiger partial charge in [-0.3, -0.25) is 4.90 Å². The average molecular weight is 238 g/mol. The van der Waals surface area contributed by atoms with Crippen LogP contribution >= 0.6 is 0 Å². The topological polar surface area (TPSA) is 29.3 Å². The third kappa shape index (κ3) is 3.96. The first-order valence-corrected chi connectivity index (χ1v) is 7.35. The average Bonchev–Trinajstić information content (AvgIpc) is 2.95. The van der Waals surface area contributed by atoms with Crippen LogP contribution in [0.2, 0.25) is 0 Å². The molecule has 3 unspecified atom stereocenters. The Bertz CT molecular complexity index is 252. The molecule has 0 amide bonds. The zero-order chi connectivity index (χ0) is 12.6. The molecule has 1 heterocycles. The molecule has 0 aromatic heterocycles. The van der Waals surface area contributed by atoms with Crippen molar-refractivity contribution in [2.45, 2.75) is 65.5 Å². The largest absolute Gasteiger partial charge is 0.327 e. The van der Waals surface area contributed by atoms with E-state index < -0.39 is 0 Å². The molecular weight excluding hydrogens is 208 g/mol. The smallest absolute Gasteiger partial charge is 0.0171 e. The van der Waals surface area contributed by atoms with E-state index in [9.17, 15) is 0 Å². The van der Waals surface area contributed by atoms with Gasteiger partial charge < -0.3 is 5.73 Å². The zero-order valence-corrected chi connectivity index (χ0v) is 12.1. The molecule has 3 atom stereocenters. The molecule has 0 radical (unpaired) electrons. The normalized spacial score (nSPS) is 33.7. The van der Waals surface area contributed by atoms with Gasteiger partial charge in [0.2, 0.25) is 0 Å². The summed E-state index contributed by atoms with van der Waals surface area (Å²) in [7, 11) is 0. The molecule has 1 saturated carbocycles. The monoisotopic (exact) mass is 238 g/mol. The number of hydrogen-bond donors (Lipinski definition) is 1. The van der Waals surface area contributed by atoms with E-state index in [1.165, 1.54) is 32.2 Å². The van der Waals surface area contributed by atoms with Crippen LogP contribution in [-0.4, -0.2) is 30.1 Å². The fourth-order valence-corrected chi connectivity index (χ4v) is 3.51. The van der Waals surface area contributed by atoms with E-state index in [0.29, 0.717) is 11.5 Å². The van der Waals surface area contributed by atoms with Crippen LogP contribution in [0.3, 0.4) is 0 Å². The van der Waals surface area contributed by atoms with Crippen LogP contribution in [0.15, 0.2) is 0 Å². The quantitative estimate of drug-likeness (QED) is 0.819. The molecule has 17 heavy (non-hydrogen) atoms. The minimum absolute atomic E-state index is 0.400. The van der Waals surface area contributed by atoms with Gasteiger partial charge in [0, 0.05) is 25.2 Å². The van der Waals surface area contributed by atoms with Crippen molar-refractivity contribution >= 4 is 0 Å². The molecule has 100 valence electrons.